The molecule has 2 amide bonds. The summed E-state index contributed by atoms with van der Waals surface area (Å²) in [5, 5.41) is 6.27. The molecule has 120 valence electrons. The van der Waals surface area contributed by atoms with Crippen molar-refractivity contribution in [1.82, 2.24) is 10.2 Å². The topological polar surface area (TPSA) is 61.4 Å². The summed E-state index contributed by atoms with van der Waals surface area (Å²) in [7, 11) is 3.45. The fourth-order valence-electron chi connectivity index (χ4n) is 2.79. The van der Waals surface area contributed by atoms with Crippen LogP contribution >= 0.6 is 0 Å². The summed E-state index contributed by atoms with van der Waals surface area (Å²) < 4.78 is 0. The second-order valence-electron chi connectivity index (χ2n) is 6.12. The van der Waals surface area contributed by atoms with Gasteiger partial charge in [0.05, 0.1) is 0 Å². The summed E-state index contributed by atoms with van der Waals surface area (Å²) in [5.74, 6) is 0.435. The van der Waals surface area contributed by atoms with Gasteiger partial charge in [0.1, 0.15) is 0 Å². The third kappa shape index (κ3) is 4.07. The molecule has 0 saturated carbocycles. The number of nitrogens with one attached hydrogen (secondary N) is 2. The van der Waals surface area contributed by atoms with Crippen LogP contribution in [0.5, 0.6) is 0 Å². The van der Waals surface area contributed by atoms with Crippen LogP contribution in [-0.4, -0.2) is 43.9 Å². The van der Waals surface area contributed by atoms with E-state index in [1.807, 2.05) is 19.1 Å². The molecule has 0 aromatic heterocycles. The molecule has 1 fully saturated rings. The van der Waals surface area contributed by atoms with Gasteiger partial charge in [-0.25, -0.2) is 0 Å². The third-order valence-electron chi connectivity index (χ3n) is 4.18. The van der Waals surface area contributed by atoms with Crippen molar-refractivity contribution in [2.45, 2.75) is 26.2 Å². The van der Waals surface area contributed by atoms with E-state index in [1.54, 1.807) is 25.1 Å². The maximum Gasteiger partial charge on any atom is 0.253 e. The van der Waals surface area contributed by atoms with Gasteiger partial charge >= 0.3 is 0 Å². The normalized spacial score (nSPS) is 15.4. The Morgan fingerprint density at radius 1 is 1.27 bits per heavy atom. The van der Waals surface area contributed by atoms with Crippen molar-refractivity contribution in [3.63, 3.8) is 0 Å². The fraction of sp³-hybridized carbons (Fsp3) is 0.529. The van der Waals surface area contributed by atoms with E-state index in [-0.39, 0.29) is 11.8 Å². The van der Waals surface area contributed by atoms with Crippen LogP contribution in [0.15, 0.2) is 18.2 Å². The van der Waals surface area contributed by atoms with Crippen LogP contribution in [0.1, 0.15) is 35.2 Å². The van der Waals surface area contributed by atoms with Crippen LogP contribution in [0.2, 0.25) is 0 Å². The summed E-state index contributed by atoms with van der Waals surface area (Å²) in [6, 6.07) is 5.45. The number of carbonyl (C=O) groups is 2. The number of piperidine rings is 1. The molecular weight excluding hydrogens is 278 g/mol. The molecule has 5 nitrogen and oxygen atoms in total. The van der Waals surface area contributed by atoms with Gasteiger partial charge in [0, 0.05) is 31.8 Å². The summed E-state index contributed by atoms with van der Waals surface area (Å²) in [5.41, 5.74) is 2.18. The molecule has 2 N–H and O–H groups in total. The van der Waals surface area contributed by atoms with Gasteiger partial charge in [-0.15, -0.1) is 0 Å². The van der Waals surface area contributed by atoms with E-state index in [4.69, 9.17) is 0 Å². The highest BCUT2D eigenvalue weighted by atomic mass is 16.2. The van der Waals surface area contributed by atoms with Crippen molar-refractivity contribution in [2.75, 3.05) is 32.5 Å². The molecule has 1 aliphatic heterocycles. The Morgan fingerprint density at radius 2 is 1.95 bits per heavy atom. The molecule has 22 heavy (non-hydrogen) atoms. The number of anilines is 1. The zero-order valence-electron chi connectivity index (χ0n) is 13.6. The van der Waals surface area contributed by atoms with E-state index in [0.29, 0.717) is 17.9 Å². The Hall–Kier alpha value is -1.88. The molecule has 1 aliphatic rings. The molecule has 1 saturated heterocycles. The van der Waals surface area contributed by atoms with Gasteiger partial charge in [-0.2, -0.15) is 0 Å². The Bertz CT molecular complexity index is 549. The quantitative estimate of drug-likeness (QED) is 0.894. The van der Waals surface area contributed by atoms with Crippen LogP contribution in [0.4, 0.5) is 5.69 Å². The standard InChI is InChI=1S/C17H25N3O2/c1-12-14(17(22)20(2)3)5-4-6-15(12)19-16(21)11-13-7-9-18-10-8-13/h4-6,13,18H,7-11H2,1-3H3,(H,19,21). The Labute approximate surface area is 132 Å². The minimum absolute atomic E-state index is 0.0319. The van der Waals surface area contributed by atoms with Gasteiger partial charge in [0.2, 0.25) is 5.91 Å². The first kappa shape index (κ1) is 16.5. The largest absolute Gasteiger partial charge is 0.345 e. The molecule has 1 heterocycles. The summed E-state index contributed by atoms with van der Waals surface area (Å²) >= 11 is 0. The van der Waals surface area contributed by atoms with Crippen molar-refractivity contribution in [2.24, 2.45) is 5.92 Å². The number of carbonyl (C=O) groups excluding carboxylic acids is 2. The molecule has 0 aliphatic carbocycles. The van der Waals surface area contributed by atoms with E-state index in [9.17, 15) is 9.59 Å². The summed E-state index contributed by atoms with van der Waals surface area (Å²) in [6.45, 7) is 3.85. The molecule has 5 heteroatoms. The Morgan fingerprint density at radius 3 is 2.59 bits per heavy atom. The second kappa shape index (κ2) is 7.40. The predicted octanol–water partition coefficient (Wildman–Crippen LogP) is 2.03. The first-order valence-electron chi connectivity index (χ1n) is 7.81. The predicted molar refractivity (Wildman–Crippen MR) is 88.0 cm³/mol. The number of rotatable bonds is 4. The molecule has 2 rings (SSSR count). The average Bonchev–Trinajstić information content (AvgIpc) is 2.49. The van der Waals surface area contributed by atoms with Crippen LogP contribution in [0, 0.1) is 12.8 Å². The van der Waals surface area contributed by atoms with Gasteiger partial charge in [-0.1, -0.05) is 6.07 Å². The maximum atomic E-state index is 12.2. The fourth-order valence-corrected chi connectivity index (χ4v) is 2.79. The van der Waals surface area contributed by atoms with Crippen molar-refractivity contribution in [3.8, 4) is 0 Å². The highest BCUT2D eigenvalue weighted by Gasteiger charge is 2.18. The first-order chi connectivity index (χ1) is 10.5. The number of nitrogens with zero attached hydrogens (tertiary/aromatic N) is 1. The Kier molecular flexibility index (Phi) is 5.55. The first-order valence-corrected chi connectivity index (χ1v) is 7.81. The van der Waals surface area contributed by atoms with E-state index in [1.165, 1.54) is 0 Å². The van der Waals surface area contributed by atoms with E-state index >= 15 is 0 Å². The lowest BCUT2D eigenvalue weighted by molar-refractivity contribution is -0.117. The summed E-state index contributed by atoms with van der Waals surface area (Å²) in [6.07, 6.45) is 2.64. The number of hydrogen-bond donors (Lipinski definition) is 2. The molecule has 0 unspecified atom stereocenters. The van der Waals surface area contributed by atoms with E-state index < -0.39 is 0 Å². The van der Waals surface area contributed by atoms with Crippen LogP contribution in [0.3, 0.4) is 0 Å². The lowest BCUT2D eigenvalue weighted by Crippen LogP contribution is -2.30. The van der Waals surface area contributed by atoms with Gasteiger partial charge in [-0.05, 0) is 56.5 Å². The zero-order chi connectivity index (χ0) is 16.1. The highest BCUT2D eigenvalue weighted by molar-refractivity contribution is 5.99. The molecule has 0 radical (unpaired) electrons. The number of hydrogen-bond acceptors (Lipinski definition) is 3. The van der Waals surface area contributed by atoms with Crippen LogP contribution < -0.4 is 10.6 Å². The average molecular weight is 303 g/mol. The lowest BCUT2D eigenvalue weighted by Gasteiger charge is -2.22. The zero-order valence-corrected chi connectivity index (χ0v) is 13.6. The van der Waals surface area contributed by atoms with Crippen molar-refractivity contribution < 1.29 is 9.59 Å². The Balaban J connectivity index is 2.04. The summed E-state index contributed by atoms with van der Waals surface area (Å²) in [4.78, 5) is 25.9. The van der Waals surface area contributed by atoms with Gasteiger partial charge in [-0.3, -0.25) is 9.59 Å². The van der Waals surface area contributed by atoms with Crippen molar-refractivity contribution in [3.05, 3.63) is 29.3 Å². The molecular formula is C17H25N3O2. The molecule has 0 bridgehead atoms. The number of benzene rings is 1. The second-order valence-corrected chi connectivity index (χ2v) is 6.12. The molecule has 0 spiro atoms. The SMILES string of the molecule is Cc1c(NC(=O)CC2CCNCC2)cccc1C(=O)N(C)C. The van der Waals surface area contributed by atoms with Crippen LogP contribution in [-0.2, 0) is 4.79 Å². The third-order valence-corrected chi connectivity index (χ3v) is 4.18. The van der Waals surface area contributed by atoms with Crippen molar-refractivity contribution in [1.29, 1.82) is 0 Å². The van der Waals surface area contributed by atoms with Gasteiger partial charge in [0.15, 0.2) is 0 Å². The lowest BCUT2D eigenvalue weighted by atomic mass is 9.94. The van der Waals surface area contributed by atoms with Gasteiger partial charge in [0.25, 0.3) is 5.91 Å². The van der Waals surface area contributed by atoms with Gasteiger partial charge < -0.3 is 15.5 Å². The number of amides is 2. The maximum absolute atomic E-state index is 12.2. The minimum Gasteiger partial charge on any atom is -0.345 e. The van der Waals surface area contributed by atoms with E-state index in [0.717, 1.165) is 37.2 Å². The van der Waals surface area contributed by atoms with Crippen molar-refractivity contribution >= 4 is 17.5 Å². The molecule has 1 aromatic rings. The molecule has 0 atom stereocenters. The van der Waals surface area contributed by atoms with Crippen LogP contribution in [0.25, 0.3) is 0 Å². The monoisotopic (exact) mass is 303 g/mol. The minimum atomic E-state index is -0.0491. The smallest absolute Gasteiger partial charge is 0.253 e. The van der Waals surface area contributed by atoms with E-state index in [2.05, 4.69) is 10.6 Å². The molecule has 1 aromatic carbocycles. The highest BCUT2D eigenvalue weighted by Crippen LogP contribution is 2.22.